The molecule has 27 heavy (non-hydrogen) atoms. The van der Waals surface area contributed by atoms with Crippen LogP contribution >= 0.6 is 0 Å². The van der Waals surface area contributed by atoms with Crippen molar-refractivity contribution >= 4 is 22.6 Å². The topological polar surface area (TPSA) is 71.2 Å². The third kappa shape index (κ3) is 3.94. The summed E-state index contributed by atoms with van der Waals surface area (Å²) in [7, 11) is 0. The van der Waals surface area contributed by atoms with Gasteiger partial charge in [-0.15, -0.1) is 0 Å². The van der Waals surface area contributed by atoms with E-state index in [2.05, 4.69) is 10.3 Å². The molecule has 5 nitrogen and oxygen atoms in total. The Morgan fingerprint density at radius 2 is 1.89 bits per heavy atom. The van der Waals surface area contributed by atoms with E-state index in [4.69, 9.17) is 4.74 Å². The standard InChI is InChI=1S/C19H15F3N2O3/c1-2-27-18(26)23-12-8-7-11-9-16(24-17(25)14(11)10-12)13-5-3-4-6-15(13)19(20,21)22/h3-10H,2H2,1H3,(H,23,26)(H,24,25). The molecule has 2 aromatic carbocycles. The number of ether oxygens (including phenoxy) is 1. The quantitative estimate of drug-likeness (QED) is 0.691. The molecule has 8 heteroatoms. The summed E-state index contributed by atoms with van der Waals surface area (Å²) in [5.41, 5.74) is -1.10. The number of halogens is 3. The molecule has 1 amide bonds. The molecule has 1 heterocycles. The van der Waals surface area contributed by atoms with Gasteiger partial charge in [0.05, 0.1) is 12.2 Å². The maximum Gasteiger partial charge on any atom is 0.417 e. The van der Waals surface area contributed by atoms with E-state index in [1.165, 1.54) is 36.4 Å². The number of rotatable bonds is 3. The van der Waals surface area contributed by atoms with Crippen LogP contribution in [0, 0.1) is 0 Å². The molecular formula is C19H15F3N2O3. The van der Waals surface area contributed by atoms with Crippen LogP contribution < -0.4 is 10.9 Å². The maximum atomic E-state index is 13.2. The van der Waals surface area contributed by atoms with Crippen molar-refractivity contribution in [2.75, 3.05) is 11.9 Å². The number of nitrogens with one attached hydrogen (secondary N) is 2. The van der Waals surface area contributed by atoms with Crippen LogP contribution in [0.25, 0.3) is 22.0 Å². The van der Waals surface area contributed by atoms with Gasteiger partial charge in [-0.1, -0.05) is 24.3 Å². The highest BCUT2D eigenvalue weighted by molar-refractivity contribution is 5.92. The van der Waals surface area contributed by atoms with E-state index < -0.39 is 23.4 Å². The van der Waals surface area contributed by atoms with Gasteiger partial charge in [0.1, 0.15) is 0 Å². The predicted molar refractivity (Wildman–Crippen MR) is 95.7 cm³/mol. The molecule has 0 bridgehead atoms. The summed E-state index contributed by atoms with van der Waals surface area (Å²) in [5, 5.41) is 3.15. The lowest BCUT2D eigenvalue weighted by Crippen LogP contribution is -2.14. The van der Waals surface area contributed by atoms with Gasteiger partial charge >= 0.3 is 12.3 Å². The molecule has 0 radical (unpaired) electrons. The Morgan fingerprint density at radius 1 is 1.15 bits per heavy atom. The molecule has 0 saturated carbocycles. The minimum atomic E-state index is -4.55. The summed E-state index contributed by atoms with van der Waals surface area (Å²) < 4.78 is 44.5. The van der Waals surface area contributed by atoms with Crippen molar-refractivity contribution in [3.8, 4) is 11.3 Å². The first-order valence-corrected chi connectivity index (χ1v) is 8.07. The number of carbonyl (C=O) groups is 1. The molecule has 0 saturated heterocycles. The SMILES string of the molecule is CCOC(=O)Nc1ccc2cc(-c3ccccc3C(F)(F)F)[nH]c(=O)c2c1. The normalized spacial score (nSPS) is 11.4. The molecule has 0 spiro atoms. The van der Waals surface area contributed by atoms with Gasteiger partial charge in [0.15, 0.2) is 0 Å². The second kappa shape index (κ2) is 7.14. The van der Waals surface area contributed by atoms with Crippen molar-refractivity contribution < 1.29 is 22.7 Å². The summed E-state index contributed by atoms with van der Waals surface area (Å²) in [6.45, 7) is 1.85. The molecular weight excluding hydrogens is 361 g/mol. The lowest BCUT2D eigenvalue weighted by molar-refractivity contribution is -0.137. The van der Waals surface area contributed by atoms with Crippen LogP contribution in [0.5, 0.6) is 0 Å². The average molecular weight is 376 g/mol. The van der Waals surface area contributed by atoms with Gasteiger partial charge in [-0.2, -0.15) is 13.2 Å². The number of alkyl halides is 3. The summed E-state index contributed by atoms with van der Waals surface area (Å²) >= 11 is 0. The van der Waals surface area contributed by atoms with Gasteiger partial charge in [-0.25, -0.2) is 4.79 Å². The molecule has 2 N–H and O–H groups in total. The van der Waals surface area contributed by atoms with E-state index in [1.807, 2.05) is 0 Å². The molecule has 140 valence electrons. The van der Waals surface area contributed by atoms with Gasteiger partial charge in [0.2, 0.25) is 0 Å². The lowest BCUT2D eigenvalue weighted by atomic mass is 10.0. The Bertz CT molecular complexity index is 1060. The fourth-order valence-electron chi connectivity index (χ4n) is 2.73. The smallest absolute Gasteiger partial charge is 0.417 e. The number of hydrogen-bond acceptors (Lipinski definition) is 3. The second-order valence-electron chi connectivity index (χ2n) is 5.70. The Labute approximate surface area is 151 Å². The first-order chi connectivity index (χ1) is 12.8. The number of aromatic amines is 1. The number of benzene rings is 2. The second-order valence-corrected chi connectivity index (χ2v) is 5.70. The van der Waals surface area contributed by atoms with Gasteiger partial charge in [-0.05, 0) is 36.6 Å². The minimum absolute atomic E-state index is 0.0616. The Kier molecular flexibility index (Phi) is 4.89. The zero-order valence-electron chi connectivity index (χ0n) is 14.2. The zero-order valence-corrected chi connectivity index (χ0v) is 14.2. The number of amides is 1. The zero-order chi connectivity index (χ0) is 19.6. The highest BCUT2D eigenvalue weighted by Gasteiger charge is 2.33. The highest BCUT2D eigenvalue weighted by atomic mass is 19.4. The third-order valence-electron chi connectivity index (χ3n) is 3.89. The van der Waals surface area contributed by atoms with Crippen LogP contribution in [0.4, 0.5) is 23.7 Å². The average Bonchev–Trinajstić information content (AvgIpc) is 2.61. The third-order valence-corrected chi connectivity index (χ3v) is 3.89. The predicted octanol–water partition coefficient (Wildman–Crippen LogP) is 4.78. The number of carbonyl (C=O) groups excluding carboxylic acids is 1. The summed E-state index contributed by atoms with van der Waals surface area (Å²) in [5.74, 6) is 0. The van der Waals surface area contributed by atoms with E-state index in [-0.39, 0.29) is 23.3 Å². The monoisotopic (exact) mass is 376 g/mol. The fourth-order valence-corrected chi connectivity index (χ4v) is 2.73. The molecule has 1 aromatic heterocycles. The van der Waals surface area contributed by atoms with Gasteiger partial charge in [0.25, 0.3) is 5.56 Å². The number of fused-ring (bicyclic) bond motifs is 1. The largest absolute Gasteiger partial charge is 0.450 e. The van der Waals surface area contributed by atoms with Crippen LogP contribution in [-0.2, 0) is 10.9 Å². The number of aromatic nitrogens is 1. The number of H-pyrrole nitrogens is 1. The van der Waals surface area contributed by atoms with E-state index in [0.717, 1.165) is 6.07 Å². The number of anilines is 1. The van der Waals surface area contributed by atoms with E-state index in [9.17, 15) is 22.8 Å². The van der Waals surface area contributed by atoms with Crippen molar-refractivity contribution in [3.05, 3.63) is 64.4 Å². The van der Waals surface area contributed by atoms with Crippen molar-refractivity contribution in [3.63, 3.8) is 0 Å². The molecule has 0 fully saturated rings. The lowest BCUT2D eigenvalue weighted by Gasteiger charge is -2.13. The fraction of sp³-hybridized carbons (Fsp3) is 0.158. The van der Waals surface area contributed by atoms with Crippen molar-refractivity contribution in [2.45, 2.75) is 13.1 Å². The summed E-state index contributed by atoms with van der Waals surface area (Å²) in [6.07, 6.45) is -5.21. The minimum Gasteiger partial charge on any atom is -0.450 e. The summed E-state index contributed by atoms with van der Waals surface area (Å²) in [6, 6.07) is 11.0. The van der Waals surface area contributed by atoms with Crippen molar-refractivity contribution in [1.82, 2.24) is 4.98 Å². The van der Waals surface area contributed by atoms with Crippen molar-refractivity contribution in [1.29, 1.82) is 0 Å². The first kappa shape index (κ1) is 18.5. The van der Waals surface area contributed by atoms with E-state index in [1.54, 1.807) is 13.0 Å². The van der Waals surface area contributed by atoms with Gasteiger partial charge in [0, 0.05) is 22.3 Å². The molecule has 0 aliphatic rings. The molecule has 0 aliphatic heterocycles. The van der Waals surface area contributed by atoms with Gasteiger partial charge < -0.3 is 9.72 Å². The molecule has 3 rings (SSSR count). The Hall–Kier alpha value is -3.29. The maximum absolute atomic E-state index is 13.2. The molecule has 3 aromatic rings. The van der Waals surface area contributed by atoms with Crippen LogP contribution in [0.3, 0.4) is 0 Å². The highest BCUT2D eigenvalue weighted by Crippen LogP contribution is 2.36. The van der Waals surface area contributed by atoms with Crippen LogP contribution in [0.1, 0.15) is 12.5 Å². The Balaban J connectivity index is 2.07. The summed E-state index contributed by atoms with van der Waals surface area (Å²) in [4.78, 5) is 26.4. The van der Waals surface area contributed by atoms with Crippen molar-refractivity contribution in [2.24, 2.45) is 0 Å². The molecule has 0 aliphatic carbocycles. The van der Waals surface area contributed by atoms with Crippen LogP contribution in [-0.4, -0.2) is 17.7 Å². The van der Waals surface area contributed by atoms with E-state index >= 15 is 0 Å². The number of pyridine rings is 1. The van der Waals surface area contributed by atoms with Crippen LogP contribution in [0.15, 0.2) is 53.3 Å². The van der Waals surface area contributed by atoms with E-state index in [0.29, 0.717) is 11.1 Å². The molecule has 0 atom stereocenters. The Morgan fingerprint density at radius 3 is 2.59 bits per heavy atom. The molecule has 0 unspecified atom stereocenters. The number of hydrogen-bond donors (Lipinski definition) is 2. The van der Waals surface area contributed by atoms with Crippen LogP contribution in [0.2, 0.25) is 0 Å². The first-order valence-electron chi connectivity index (χ1n) is 8.07. The van der Waals surface area contributed by atoms with Gasteiger partial charge in [-0.3, -0.25) is 10.1 Å².